The van der Waals surface area contributed by atoms with Crippen LogP contribution in [0.25, 0.3) is 0 Å². The van der Waals surface area contributed by atoms with Gasteiger partial charge in [-0.2, -0.15) is 0 Å². The molecule has 22 heavy (non-hydrogen) atoms. The highest BCUT2D eigenvalue weighted by Crippen LogP contribution is 2.14. The minimum Gasteiger partial charge on any atom is -0.376 e. The quantitative estimate of drug-likeness (QED) is 0.724. The minimum absolute atomic E-state index is 0.0425. The molecule has 1 aromatic carbocycles. The summed E-state index contributed by atoms with van der Waals surface area (Å²) in [5, 5.41) is 6.16. The Labute approximate surface area is 132 Å². The highest BCUT2D eigenvalue weighted by atomic mass is 16.5. The molecule has 0 aliphatic carbocycles. The Morgan fingerprint density at radius 2 is 2.27 bits per heavy atom. The van der Waals surface area contributed by atoms with Crippen LogP contribution in [-0.2, 0) is 20.9 Å². The topological polar surface area (TPSA) is 59.6 Å². The van der Waals surface area contributed by atoms with E-state index in [2.05, 4.69) is 10.6 Å². The molecule has 0 aromatic heterocycles. The van der Waals surface area contributed by atoms with Crippen molar-refractivity contribution >= 4 is 11.6 Å². The summed E-state index contributed by atoms with van der Waals surface area (Å²) in [6.07, 6.45) is 2.20. The summed E-state index contributed by atoms with van der Waals surface area (Å²) in [5.41, 5.74) is 1.86. The van der Waals surface area contributed by atoms with Gasteiger partial charge in [-0.25, -0.2) is 0 Å². The number of carbonyl (C=O) groups is 1. The Kier molecular flexibility index (Phi) is 6.83. The van der Waals surface area contributed by atoms with Crippen LogP contribution >= 0.6 is 0 Å². The molecule has 5 heteroatoms. The number of ether oxygens (including phenoxy) is 2. The number of benzene rings is 1. The SMILES string of the molecule is CC(C)OCCOCc1cccc(NC(=O)C2CCCN2)c1. The molecule has 1 fully saturated rings. The number of carbonyl (C=O) groups excluding carboxylic acids is 1. The lowest BCUT2D eigenvalue weighted by molar-refractivity contribution is -0.117. The maximum absolute atomic E-state index is 12.1. The lowest BCUT2D eigenvalue weighted by Crippen LogP contribution is -2.35. The summed E-state index contributed by atoms with van der Waals surface area (Å²) in [6.45, 7) is 6.62. The Bertz CT molecular complexity index is 471. The van der Waals surface area contributed by atoms with Crippen LogP contribution in [0, 0.1) is 0 Å². The van der Waals surface area contributed by atoms with E-state index in [1.807, 2.05) is 38.1 Å². The molecule has 0 bridgehead atoms. The number of anilines is 1. The van der Waals surface area contributed by atoms with E-state index in [1.54, 1.807) is 0 Å². The lowest BCUT2D eigenvalue weighted by Gasteiger charge is -2.12. The molecule has 122 valence electrons. The molecule has 1 amide bonds. The number of amides is 1. The van der Waals surface area contributed by atoms with E-state index in [9.17, 15) is 4.79 Å². The molecule has 0 spiro atoms. The first-order valence-corrected chi connectivity index (χ1v) is 7.97. The summed E-state index contributed by atoms with van der Waals surface area (Å²) >= 11 is 0. The highest BCUT2D eigenvalue weighted by molar-refractivity contribution is 5.95. The van der Waals surface area contributed by atoms with Crippen molar-refractivity contribution in [3.05, 3.63) is 29.8 Å². The molecular weight excluding hydrogens is 280 g/mol. The van der Waals surface area contributed by atoms with E-state index >= 15 is 0 Å². The van der Waals surface area contributed by atoms with E-state index in [4.69, 9.17) is 9.47 Å². The first-order chi connectivity index (χ1) is 10.6. The van der Waals surface area contributed by atoms with Gasteiger partial charge in [-0.1, -0.05) is 12.1 Å². The number of nitrogens with one attached hydrogen (secondary N) is 2. The van der Waals surface area contributed by atoms with E-state index in [1.165, 1.54) is 0 Å². The molecule has 1 atom stereocenters. The highest BCUT2D eigenvalue weighted by Gasteiger charge is 2.21. The molecule has 5 nitrogen and oxygen atoms in total. The smallest absolute Gasteiger partial charge is 0.241 e. The van der Waals surface area contributed by atoms with Crippen LogP contribution in [-0.4, -0.2) is 37.8 Å². The molecular formula is C17H26N2O3. The number of hydrogen-bond donors (Lipinski definition) is 2. The Hall–Kier alpha value is -1.43. The van der Waals surface area contributed by atoms with Crippen molar-refractivity contribution in [3.8, 4) is 0 Å². The van der Waals surface area contributed by atoms with Gasteiger partial charge in [0.05, 0.1) is 32.0 Å². The average Bonchev–Trinajstić information content (AvgIpc) is 3.01. The molecule has 0 saturated carbocycles. The van der Waals surface area contributed by atoms with Crippen molar-refractivity contribution < 1.29 is 14.3 Å². The summed E-state index contributed by atoms with van der Waals surface area (Å²) < 4.78 is 11.0. The molecule has 1 aliphatic rings. The molecule has 1 unspecified atom stereocenters. The first-order valence-electron chi connectivity index (χ1n) is 7.97. The minimum atomic E-state index is -0.0620. The van der Waals surface area contributed by atoms with Gasteiger partial charge in [-0.15, -0.1) is 0 Å². The number of rotatable bonds is 8. The van der Waals surface area contributed by atoms with Crippen molar-refractivity contribution in [1.82, 2.24) is 5.32 Å². The van der Waals surface area contributed by atoms with Crippen LogP contribution in [0.2, 0.25) is 0 Å². The zero-order valence-electron chi connectivity index (χ0n) is 13.4. The predicted molar refractivity (Wildman–Crippen MR) is 86.8 cm³/mol. The second kappa shape index (κ2) is 8.88. The third-order valence-corrected chi connectivity index (χ3v) is 3.52. The maximum Gasteiger partial charge on any atom is 0.241 e. The van der Waals surface area contributed by atoms with Crippen molar-refractivity contribution in [2.45, 2.75) is 45.4 Å². The molecule has 2 N–H and O–H groups in total. The molecule has 1 aromatic rings. The Balaban J connectivity index is 1.75. The molecule has 1 aliphatic heterocycles. The molecule has 2 rings (SSSR count). The van der Waals surface area contributed by atoms with E-state index in [0.29, 0.717) is 19.8 Å². The Morgan fingerprint density at radius 1 is 1.41 bits per heavy atom. The fourth-order valence-electron chi connectivity index (χ4n) is 2.41. The predicted octanol–water partition coefficient (Wildman–Crippen LogP) is 2.32. The second-order valence-electron chi connectivity index (χ2n) is 5.81. The molecule has 0 radical (unpaired) electrons. The van der Waals surface area contributed by atoms with E-state index in [-0.39, 0.29) is 18.1 Å². The second-order valence-corrected chi connectivity index (χ2v) is 5.81. The first kappa shape index (κ1) is 16.9. The standard InChI is InChI=1S/C17H26N2O3/c1-13(2)22-10-9-21-12-14-5-3-6-15(11-14)19-17(20)16-7-4-8-18-16/h3,5-6,11,13,16,18H,4,7-10,12H2,1-2H3,(H,19,20). The van der Waals surface area contributed by atoms with Crippen LogP contribution in [0.4, 0.5) is 5.69 Å². The zero-order chi connectivity index (χ0) is 15.8. The van der Waals surface area contributed by atoms with Crippen molar-refractivity contribution in [2.75, 3.05) is 25.1 Å². The van der Waals surface area contributed by atoms with Gasteiger partial charge in [0.1, 0.15) is 0 Å². The van der Waals surface area contributed by atoms with Gasteiger partial charge < -0.3 is 20.1 Å². The summed E-state index contributed by atoms with van der Waals surface area (Å²) in [6, 6.07) is 7.72. The van der Waals surface area contributed by atoms with Gasteiger partial charge in [-0.3, -0.25) is 4.79 Å². The fraction of sp³-hybridized carbons (Fsp3) is 0.588. The fourth-order valence-corrected chi connectivity index (χ4v) is 2.41. The summed E-state index contributed by atoms with van der Waals surface area (Å²) in [5.74, 6) is 0.0425. The van der Waals surface area contributed by atoms with Gasteiger partial charge in [0.25, 0.3) is 0 Å². The van der Waals surface area contributed by atoms with Crippen LogP contribution in [0.3, 0.4) is 0 Å². The van der Waals surface area contributed by atoms with Crippen LogP contribution < -0.4 is 10.6 Å². The molecule has 1 saturated heterocycles. The monoisotopic (exact) mass is 306 g/mol. The van der Waals surface area contributed by atoms with Crippen LogP contribution in [0.1, 0.15) is 32.3 Å². The van der Waals surface area contributed by atoms with Crippen LogP contribution in [0.5, 0.6) is 0 Å². The average molecular weight is 306 g/mol. The van der Waals surface area contributed by atoms with E-state index in [0.717, 1.165) is 30.6 Å². The van der Waals surface area contributed by atoms with Gasteiger partial charge >= 0.3 is 0 Å². The third kappa shape index (κ3) is 5.75. The normalized spacial score (nSPS) is 17.9. The maximum atomic E-state index is 12.1. The molecule has 1 heterocycles. The van der Waals surface area contributed by atoms with Crippen molar-refractivity contribution in [1.29, 1.82) is 0 Å². The van der Waals surface area contributed by atoms with Gasteiger partial charge in [0.2, 0.25) is 5.91 Å². The van der Waals surface area contributed by atoms with Crippen LogP contribution in [0.15, 0.2) is 24.3 Å². The largest absolute Gasteiger partial charge is 0.376 e. The van der Waals surface area contributed by atoms with Gasteiger partial charge in [0.15, 0.2) is 0 Å². The van der Waals surface area contributed by atoms with Gasteiger partial charge in [-0.05, 0) is 50.9 Å². The summed E-state index contributed by atoms with van der Waals surface area (Å²) in [7, 11) is 0. The third-order valence-electron chi connectivity index (χ3n) is 3.52. The van der Waals surface area contributed by atoms with Gasteiger partial charge in [0, 0.05) is 5.69 Å². The van der Waals surface area contributed by atoms with Crippen molar-refractivity contribution in [2.24, 2.45) is 0 Å². The van der Waals surface area contributed by atoms with Crippen molar-refractivity contribution in [3.63, 3.8) is 0 Å². The lowest BCUT2D eigenvalue weighted by atomic mass is 10.2. The van der Waals surface area contributed by atoms with E-state index < -0.39 is 0 Å². The number of hydrogen-bond acceptors (Lipinski definition) is 4. The zero-order valence-corrected chi connectivity index (χ0v) is 13.4. The summed E-state index contributed by atoms with van der Waals surface area (Å²) in [4.78, 5) is 12.1. The Morgan fingerprint density at radius 3 is 3.00 bits per heavy atom.